The second-order valence-corrected chi connectivity index (χ2v) is 6.66. The first-order valence-electron chi connectivity index (χ1n) is 7.86. The highest BCUT2D eigenvalue weighted by molar-refractivity contribution is 6.30. The number of oxazole rings is 1. The maximum Gasteiger partial charge on any atom is 0.315 e. The van der Waals surface area contributed by atoms with Gasteiger partial charge in [0.25, 0.3) is 0 Å². The third-order valence-electron chi connectivity index (χ3n) is 4.26. The average Bonchev–Trinajstić information content (AvgIpc) is 3.28. The minimum absolute atomic E-state index is 0.108. The van der Waals surface area contributed by atoms with Crippen LogP contribution in [0.2, 0.25) is 5.02 Å². The number of hydrogen-bond acceptors (Lipinski definition) is 4. The SMILES string of the molecule is Cc1nc(CNC(=O)NCC2(CO)CC2)oc1-c1ccc(Cl)cc1. The van der Waals surface area contributed by atoms with Crippen molar-refractivity contribution in [3.05, 3.63) is 40.9 Å². The van der Waals surface area contributed by atoms with E-state index in [0.29, 0.717) is 23.2 Å². The van der Waals surface area contributed by atoms with E-state index in [0.717, 1.165) is 24.1 Å². The van der Waals surface area contributed by atoms with Crippen molar-refractivity contribution in [2.45, 2.75) is 26.3 Å². The number of hydrogen-bond donors (Lipinski definition) is 3. The molecule has 1 aromatic carbocycles. The smallest absolute Gasteiger partial charge is 0.315 e. The summed E-state index contributed by atoms with van der Waals surface area (Å²) >= 11 is 5.89. The topological polar surface area (TPSA) is 87.4 Å². The standard InChI is InChI=1S/C17H20ClN3O3/c1-11-15(12-2-4-13(18)5-3-12)24-14(21-11)8-19-16(23)20-9-17(10-22)6-7-17/h2-5,22H,6-10H2,1H3,(H2,19,20,23). The summed E-state index contributed by atoms with van der Waals surface area (Å²) in [5, 5.41) is 15.4. The van der Waals surface area contributed by atoms with Crippen LogP contribution in [-0.4, -0.2) is 29.3 Å². The van der Waals surface area contributed by atoms with Gasteiger partial charge in [0, 0.05) is 22.5 Å². The number of nitrogens with zero attached hydrogens (tertiary/aromatic N) is 1. The molecule has 0 unspecified atom stereocenters. The number of benzene rings is 1. The largest absolute Gasteiger partial charge is 0.438 e. The van der Waals surface area contributed by atoms with Crippen molar-refractivity contribution in [2.24, 2.45) is 5.41 Å². The van der Waals surface area contributed by atoms with Gasteiger partial charge < -0.3 is 20.2 Å². The van der Waals surface area contributed by atoms with Crippen molar-refractivity contribution in [3.63, 3.8) is 0 Å². The normalized spacial score (nSPS) is 15.1. The summed E-state index contributed by atoms with van der Waals surface area (Å²) < 4.78 is 5.73. The van der Waals surface area contributed by atoms with E-state index in [2.05, 4.69) is 15.6 Å². The van der Waals surface area contributed by atoms with E-state index < -0.39 is 0 Å². The van der Waals surface area contributed by atoms with Gasteiger partial charge in [-0.2, -0.15) is 0 Å². The lowest BCUT2D eigenvalue weighted by Gasteiger charge is -2.12. The molecule has 0 bridgehead atoms. The van der Waals surface area contributed by atoms with Crippen LogP contribution in [0.5, 0.6) is 0 Å². The van der Waals surface area contributed by atoms with Gasteiger partial charge in [-0.15, -0.1) is 0 Å². The van der Waals surface area contributed by atoms with Crippen LogP contribution >= 0.6 is 11.6 Å². The van der Waals surface area contributed by atoms with Gasteiger partial charge in [-0.25, -0.2) is 9.78 Å². The van der Waals surface area contributed by atoms with E-state index in [-0.39, 0.29) is 24.6 Å². The summed E-state index contributed by atoms with van der Waals surface area (Å²) in [7, 11) is 0. The van der Waals surface area contributed by atoms with E-state index >= 15 is 0 Å². The fourth-order valence-electron chi connectivity index (χ4n) is 2.45. The predicted molar refractivity (Wildman–Crippen MR) is 90.7 cm³/mol. The molecule has 24 heavy (non-hydrogen) atoms. The Hall–Kier alpha value is -2.05. The number of nitrogens with one attached hydrogen (secondary N) is 2. The number of aromatic nitrogens is 1. The van der Waals surface area contributed by atoms with Crippen LogP contribution in [0, 0.1) is 12.3 Å². The van der Waals surface area contributed by atoms with Gasteiger partial charge in [-0.1, -0.05) is 11.6 Å². The minimum Gasteiger partial charge on any atom is -0.438 e. The molecule has 0 saturated heterocycles. The molecule has 6 nitrogen and oxygen atoms in total. The van der Waals surface area contributed by atoms with Crippen LogP contribution in [-0.2, 0) is 6.54 Å². The third kappa shape index (κ3) is 3.88. The van der Waals surface area contributed by atoms with Crippen LogP contribution < -0.4 is 10.6 Å². The summed E-state index contributed by atoms with van der Waals surface area (Å²) in [6.07, 6.45) is 1.90. The summed E-state index contributed by atoms with van der Waals surface area (Å²) in [6.45, 7) is 2.65. The third-order valence-corrected chi connectivity index (χ3v) is 4.52. The Morgan fingerprint density at radius 2 is 2.04 bits per heavy atom. The molecule has 1 saturated carbocycles. The molecule has 0 radical (unpaired) electrons. The number of amides is 2. The van der Waals surface area contributed by atoms with Crippen LogP contribution in [0.15, 0.2) is 28.7 Å². The lowest BCUT2D eigenvalue weighted by molar-refractivity contribution is 0.202. The summed E-state index contributed by atoms with van der Waals surface area (Å²) in [4.78, 5) is 16.2. The zero-order chi connectivity index (χ0) is 17.2. The lowest BCUT2D eigenvalue weighted by atomic mass is 10.1. The molecule has 2 amide bonds. The van der Waals surface area contributed by atoms with Crippen LogP contribution in [0.1, 0.15) is 24.4 Å². The molecule has 0 aliphatic heterocycles. The van der Waals surface area contributed by atoms with Crippen molar-refractivity contribution < 1.29 is 14.3 Å². The van der Waals surface area contributed by atoms with Gasteiger partial charge >= 0.3 is 6.03 Å². The molecule has 1 fully saturated rings. The van der Waals surface area contributed by atoms with E-state index in [4.69, 9.17) is 16.0 Å². The van der Waals surface area contributed by atoms with Gasteiger partial charge in [0.2, 0.25) is 5.89 Å². The number of aliphatic hydroxyl groups excluding tert-OH is 1. The molecule has 1 aliphatic carbocycles. The first-order chi connectivity index (χ1) is 11.5. The fourth-order valence-corrected chi connectivity index (χ4v) is 2.58. The van der Waals surface area contributed by atoms with Crippen LogP contribution in [0.4, 0.5) is 4.79 Å². The minimum atomic E-state index is -0.293. The quantitative estimate of drug-likeness (QED) is 0.748. The Labute approximate surface area is 145 Å². The van der Waals surface area contributed by atoms with Gasteiger partial charge in [0.1, 0.15) is 0 Å². The Morgan fingerprint density at radius 1 is 1.33 bits per heavy atom. The number of aliphatic hydroxyl groups is 1. The number of carbonyl (C=O) groups excluding carboxylic acids is 1. The molecular weight excluding hydrogens is 330 g/mol. The Morgan fingerprint density at radius 3 is 2.67 bits per heavy atom. The Balaban J connectivity index is 1.55. The van der Waals surface area contributed by atoms with Crippen molar-refractivity contribution in [1.29, 1.82) is 0 Å². The summed E-state index contributed by atoms with van der Waals surface area (Å²) in [5.74, 6) is 1.11. The van der Waals surface area contributed by atoms with Gasteiger partial charge in [-0.3, -0.25) is 0 Å². The highest BCUT2D eigenvalue weighted by Gasteiger charge is 2.42. The fraction of sp³-hybridized carbons (Fsp3) is 0.412. The molecule has 1 heterocycles. The molecule has 1 aliphatic rings. The number of rotatable bonds is 6. The molecule has 128 valence electrons. The van der Waals surface area contributed by atoms with E-state index in [9.17, 15) is 9.90 Å². The maximum absolute atomic E-state index is 11.8. The zero-order valence-corrected chi connectivity index (χ0v) is 14.2. The highest BCUT2D eigenvalue weighted by atomic mass is 35.5. The average molecular weight is 350 g/mol. The Kier molecular flexibility index (Phi) is 4.78. The first kappa shape index (κ1) is 16.8. The summed E-state index contributed by atoms with van der Waals surface area (Å²) in [6, 6.07) is 7.02. The lowest BCUT2D eigenvalue weighted by Crippen LogP contribution is -2.39. The molecule has 3 rings (SSSR count). The van der Waals surface area contributed by atoms with Crippen LogP contribution in [0.3, 0.4) is 0 Å². The molecule has 3 N–H and O–H groups in total. The molecule has 1 aromatic heterocycles. The van der Waals surface area contributed by atoms with Crippen molar-refractivity contribution in [3.8, 4) is 11.3 Å². The van der Waals surface area contributed by atoms with Crippen molar-refractivity contribution in [1.82, 2.24) is 15.6 Å². The van der Waals surface area contributed by atoms with Crippen molar-refractivity contribution >= 4 is 17.6 Å². The molecule has 7 heteroatoms. The second kappa shape index (κ2) is 6.83. The molecule has 2 aromatic rings. The van der Waals surface area contributed by atoms with E-state index in [1.54, 1.807) is 12.1 Å². The molecule has 0 spiro atoms. The number of carbonyl (C=O) groups is 1. The molecule has 0 atom stereocenters. The number of urea groups is 1. The predicted octanol–water partition coefficient (Wildman–Crippen LogP) is 2.88. The monoisotopic (exact) mass is 349 g/mol. The number of aryl methyl sites for hydroxylation is 1. The van der Waals surface area contributed by atoms with Crippen molar-refractivity contribution in [2.75, 3.05) is 13.2 Å². The zero-order valence-electron chi connectivity index (χ0n) is 13.4. The van der Waals surface area contributed by atoms with E-state index in [1.165, 1.54) is 0 Å². The second-order valence-electron chi connectivity index (χ2n) is 6.22. The molecular formula is C17H20ClN3O3. The Bertz CT molecular complexity index is 723. The summed E-state index contributed by atoms with van der Waals surface area (Å²) in [5.41, 5.74) is 1.53. The van der Waals surface area contributed by atoms with Crippen LogP contribution in [0.25, 0.3) is 11.3 Å². The van der Waals surface area contributed by atoms with Gasteiger partial charge in [0.05, 0.1) is 18.8 Å². The van der Waals surface area contributed by atoms with Gasteiger partial charge in [0.15, 0.2) is 5.76 Å². The van der Waals surface area contributed by atoms with Gasteiger partial charge in [-0.05, 0) is 44.0 Å². The highest BCUT2D eigenvalue weighted by Crippen LogP contribution is 2.44. The number of halogens is 1. The van der Waals surface area contributed by atoms with E-state index in [1.807, 2.05) is 19.1 Å². The maximum atomic E-state index is 11.8. The first-order valence-corrected chi connectivity index (χ1v) is 8.24.